The summed E-state index contributed by atoms with van der Waals surface area (Å²) in [5, 5.41) is 3.55. The lowest BCUT2D eigenvalue weighted by atomic mass is 9.74. The van der Waals surface area contributed by atoms with Crippen molar-refractivity contribution in [3.8, 4) is 5.75 Å². The smallest absolute Gasteiger partial charge is 0.119 e. The van der Waals surface area contributed by atoms with E-state index in [4.69, 9.17) is 4.74 Å². The highest BCUT2D eigenvalue weighted by Gasteiger charge is 2.40. The predicted octanol–water partition coefficient (Wildman–Crippen LogP) is 2.08. The number of nitrogens with zero attached hydrogens (tertiary/aromatic N) is 1. The zero-order valence-electron chi connectivity index (χ0n) is 10.6. The van der Waals surface area contributed by atoms with Crippen LogP contribution < -0.4 is 10.1 Å². The molecule has 0 bridgehead atoms. The molecule has 92 valence electrons. The Morgan fingerprint density at radius 3 is 2.76 bits per heavy atom. The molecule has 3 heteroatoms. The van der Waals surface area contributed by atoms with Crippen LogP contribution in [0.5, 0.6) is 5.75 Å². The van der Waals surface area contributed by atoms with Gasteiger partial charge < -0.3 is 15.0 Å². The molecule has 2 aliphatic heterocycles. The summed E-state index contributed by atoms with van der Waals surface area (Å²) in [5.74, 6) is 0.978. The highest BCUT2D eigenvalue weighted by molar-refractivity contribution is 5.62. The van der Waals surface area contributed by atoms with Crippen molar-refractivity contribution in [1.82, 2.24) is 4.90 Å². The van der Waals surface area contributed by atoms with Crippen LogP contribution in [0.2, 0.25) is 0 Å². The first-order valence-electron chi connectivity index (χ1n) is 6.34. The number of benzene rings is 1. The Balaban J connectivity index is 1.96. The van der Waals surface area contributed by atoms with E-state index >= 15 is 0 Å². The van der Waals surface area contributed by atoms with Gasteiger partial charge in [0.15, 0.2) is 0 Å². The summed E-state index contributed by atoms with van der Waals surface area (Å²) in [5.41, 5.74) is 3.11. The summed E-state index contributed by atoms with van der Waals surface area (Å²) < 4.78 is 5.36. The van der Waals surface area contributed by atoms with Crippen LogP contribution in [0.15, 0.2) is 18.2 Å². The van der Waals surface area contributed by atoms with E-state index in [2.05, 4.69) is 29.4 Å². The maximum atomic E-state index is 5.36. The molecule has 1 saturated heterocycles. The van der Waals surface area contributed by atoms with Crippen LogP contribution in [0, 0.1) is 0 Å². The van der Waals surface area contributed by atoms with Gasteiger partial charge in [-0.25, -0.2) is 0 Å². The normalized spacial score (nSPS) is 22.2. The van der Waals surface area contributed by atoms with E-state index in [0.29, 0.717) is 5.41 Å². The molecule has 0 atom stereocenters. The lowest BCUT2D eigenvalue weighted by molar-refractivity contribution is 0.200. The molecule has 0 amide bonds. The van der Waals surface area contributed by atoms with Crippen LogP contribution in [-0.4, -0.2) is 38.7 Å². The molecule has 2 heterocycles. The monoisotopic (exact) mass is 232 g/mol. The summed E-state index contributed by atoms with van der Waals surface area (Å²) in [7, 11) is 3.95. The van der Waals surface area contributed by atoms with Gasteiger partial charge in [0.2, 0.25) is 0 Å². The van der Waals surface area contributed by atoms with Gasteiger partial charge in [0.1, 0.15) is 5.75 Å². The highest BCUT2D eigenvalue weighted by atomic mass is 16.5. The SMILES string of the molecule is COc1ccc2c(c1)C1(CCN(C)CC1)CN2. The Hall–Kier alpha value is -1.22. The fourth-order valence-corrected chi connectivity index (χ4v) is 3.10. The lowest BCUT2D eigenvalue weighted by Crippen LogP contribution is -2.42. The first kappa shape index (κ1) is 10.9. The van der Waals surface area contributed by atoms with E-state index in [0.717, 1.165) is 12.3 Å². The van der Waals surface area contributed by atoms with Gasteiger partial charge in [-0.1, -0.05) is 0 Å². The van der Waals surface area contributed by atoms with Crippen molar-refractivity contribution in [2.45, 2.75) is 18.3 Å². The summed E-state index contributed by atoms with van der Waals surface area (Å²) in [6, 6.07) is 6.42. The Kier molecular flexibility index (Phi) is 2.51. The number of hydrogen-bond donors (Lipinski definition) is 1. The molecule has 1 aromatic rings. The number of nitrogens with one attached hydrogen (secondary N) is 1. The fourth-order valence-electron chi connectivity index (χ4n) is 3.10. The second kappa shape index (κ2) is 3.91. The third kappa shape index (κ3) is 1.69. The molecule has 0 radical (unpaired) electrons. The van der Waals surface area contributed by atoms with E-state index in [1.807, 2.05) is 6.07 Å². The summed E-state index contributed by atoms with van der Waals surface area (Å²) in [6.07, 6.45) is 2.49. The van der Waals surface area contributed by atoms with E-state index in [1.54, 1.807) is 7.11 Å². The zero-order valence-corrected chi connectivity index (χ0v) is 10.6. The van der Waals surface area contributed by atoms with Crippen molar-refractivity contribution >= 4 is 5.69 Å². The number of likely N-dealkylation sites (tertiary alicyclic amines) is 1. The van der Waals surface area contributed by atoms with Crippen molar-refractivity contribution in [3.05, 3.63) is 23.8 Å². The molecule has 17 heavy (non-hydrogen) atoms. The van der Waals surface area contributed by atoms with Crippen LogP contribution in [0.4, 0.5) is 5.69 Å². The lowest BCUT2D eigenvalue weighted by Gasteiger charge is -2.37. The molecule has 3 nitrogen and oxygen atoms in total. The molecule has 0 saturated carbocycles. The number of anilines is 1. The van der Waals surface area contributed by atoms with Gasteiger partial charge in [0.05, 0.1) is 7.11 Å². The molecule has 1 spiro atoms. The number of hydrogen-bond acceptors (Lipinski definition) is 3. The molecule has 1 N–H and O–H groups in total. The quantitative estimate of drug-likeness (QED) is 0.802. The van der Waals surface area contributed by atoms with E-state index in [1.165, 1.54) is 37.2 Å². The van der Waals surface area contributed by atoms with E-state index < -0.39 is 0 Å². The van der Waals surface area contributed by atoms with Crippen molar-refractivity contribution in [2.24, 2.45) is 0 Å². The predicted molar refractivity (Wildman–Crippen MR) is 69.9 cm³/mol. The standard InChI is InChI=1S/C14H20N2O/c1-16-7-5-14(6-8-16)10-15-13-4-3-11(17-2)9-12(13)14/h3-4,9,15H,5-8,10H2,1-2H3. The molecular formula is C14H20N2O. The molecule has 3 rings (SSSR count). The minimum Gasteiger partial charge on any atom is -0.497 e. The van der Waals surface area contributed by atoms with Crippen LogP contribution in [-0.2, 0) is 5.41 Å². The molecule has 1 fully saturated rings. The maximum Gasteiger partial charge on any atom is 0.119 e. The number of ether oxygens (including phenoxy) is 1. The minimum absolute atomic E-state index is 0.344. The average Bonchev–Trinajstić information content (AvgIpc) is 2.72. The van der Waals surface area contributed by atoms with Crippen molar-refractivity contribution < 1.29 is 4.74 Å². The van der Waals surface area contributed by atoms with Gasteiger partial charge in [-0.15, -0.1) is 0 Å². The third-order valence-corrected chi connectivity index (χ3v) is 4.36. The summed E-state index contributed by atoms with van der Waals surface area (Å²) >= 11 is 0. The van der Waals surface area contributed by atoms with Crippen molar-refractivity contribution in [1.29, 1.82) is 0 Å². The average molecular weight is 232 g/mol. The second-order valence-electron chi connectivity index (χ2n) is 5.35. The van der Waals surface area contributed by atoms with Gasteiger partial charge in [-0.2, -0.15) is 0 Å². The van der Waals surface area contributed by atoms with Crippen LogP contribution in [0.25, 0.3) is 0 Å². The number of rotatable bonds is 1. The van der Waals surface area contributed by atoms with E-state index in [-0.39, 0.29) is 0 Å². The first-order valence-corrected chi connectivity index (χ1v) is 6.34. The van der Waals surface area contributed by atoms with Crippen LogP contribution in [0.1, 0.15) is 18.4 Å². The van der Waals surface area contributed by atoms with Gasteiger partial charge in [0, 0.05) is 17.6 Å². The van der Waals surface area contributed by atoms with Gasteiger partial charge in [-0.3, -0.25) is 0 Å². The zero-order chi connectivity index (χ0) is 11.9. The van der Waals surface area contributed by atoms with Crippen LogP contribution in [0.3, 0.4) is 0 Å². The molecule has 2 aliphatic rings. The van der Waals surface area contributed by atoms with E-state index in [9.17, 15) is 0 Å². The van der Waals surface area contributed by atoms with Crippen LogP contribution >= 0.6 is 0 Å². The topological polar surface area (TPSA) is 24.5 Å². The van der Waals surface area contributed by atoms with Gasteiger partial charge >= 0.3 is 0 Å². The van der Waals surface area contributed by atoms with Gasteiger partial charge in [0.25, 0.3) is 0 Å². The summed E-state index contributed by atoms with van der Waals surface area (Å²) in [6.45, 7) is 3.47. The minimum atomic E-state index is 0.344. The Labute approximate surface area is 103 Å². The largest absolute Gasteiger partial charge is 0.497 e. The number of methoxy groups -OCH3 is 1. The molecule has 0 unspecified atom stereocenters. The molecular weight excluding hydrogens is 212 g/mol. The van der Waals surface area contributed by atoms with Crippen molar-refractivity contribution in [3.63, 3.8) is 0 Å². The first-order chi connectivity index (χ1) is 8.23. The van der Waals surface area contributed by atoms with Crippen molar-refractivity contribution in [2.75, 3.05) is 39.1 Å². The second-order valence-corrected chi connectivity index (χ2v) is 5.35. The number of fused-ring (bicyclic) bond motifs is 2. The third-order valence-electron chi connectivity index (χ3n) is 4.36. The summed E-state index contributed by atoms with van der Waals surface area (Å²) in [4.78, 5) is 2.42. The van der Waals surface area contributed by atoms with Gasteiger partial charge in [-0.05, 0) is 56.7 Å². The molecule has 0 aromatic heterocycles. The molecule has 0 aliphatic carbocycles. The number of piperidine rings is 1. The maximum absolute atomic E-state index is 5.36. The molecule has 1 aromatic carbocycles. The Morgan fingerprint density at radius 1 is 1.29 bits per heavy atom. The fraction of sp³-hybridized carbons (Fsp3) is 0.571. The highest BCUT2D eigenvalue weighted by Crippen LogP contribution is 2.44. The Morgan fingerprint density at radius 2 is 2.06 bits per heavy atom. The Bertz CT molecular complexity index is 422.